The van der Waals surface area contributed by atoms with E-state index in [1.807, 2.05) is 34.6 Å². The van der Waals surface area contributed by atoms with Crippen LogP contribution in [-0.2, 0) is 11.3 Å². The number of ether oxygens (including phenoxy) is 1. The van der Waals surface area contributed by atoms with Crippen molar-refractivity contribution in [2.24, 2.45) is 5.41 Å². The first-order chi connectivity index (χ1) is 18.1. The molecule has 0 saturated carbocycles. The molecule has 4 aromatic rings. The van der Waals surface area contributed by atoms with Crippen LogP contribution in [0.15, 0.2) is 48.8 Å². The highest BCUT2D eigenvalue weighted by Gasteiger charge is 2.37. The molecule has 0 unspecified atom stereocenters. The molecule has 1 aliphatic heterocycles. The summed E-state index contributed by atoms with van der Waals surface area (Å²) in [5, 5.41) is 9.88. The monoisotopic (exact) mass is 541 g/mol. The second-order valence-electron chi connectivity index (χ2n) is 9.70. The molecule has 5 rings (SSSR count). The van der Waals surface area contributed by atoms with Gasteiger partial charge in [-0.3, -0.25) is 4.79 Å². The zero-order valence-corrected chi connectivity index (χ0v) is 21.6. The predicted octanol–water partition coefficient (Wildman–Crippen LogP) is 5.80. The van der Waals surface area contributed by atoms with Crippen LogP contribution in [0.25, 0.3) is 22.2 Å². The summed E-state index contributed by atoms with van der Waals surface area (Å²) in [6.07, 6.45) is 4.55. The molecule has 0 radical (unpaired) electrons. The molecular weight excluding hydrogens is 516 g/mol. The lowest BCUT2D eigenvalue weighted by atomic mass is 9.80. The molecular formula is C27H26ClF2N5O3. The number of piperidine rings is 1. The number of carboxylic acids is 1. The zero-order valence-electron chi connectivity index (χ0n) is 20.9. The predicted molar refractivity (Wildman–Crippen MR) is 140 cm³/mol. The lowest BCUT2D eigenvalue weighted by Crippen LogP contribution is -2.43. The van der Waals surface area contributed by atoms with Crippen LogP contribution in [0.5, 0.6) is 5.75 Å². The van der Waals surface area contributed by atoms with Crippen molar-refractivity contribution >= 4 is 34.6 Å². The third kappa shape index (κ3) is 5.13. The van der Waals surface area contributed by atoms with Crippen molar-refractivity contribution in [3.63, 3.8) is 0 Å². The van der Waals surface area contributed by atoms with Crippen LogP contribution in [-0.4, -0.2) is 50.3 Å². The van der Waals surface area contributed by atoms with Gasteiger partial charge < -0.3 is 19.3 Å². The summed E-state index contributed by atoms with van der Waals surface area (Å²) in [6, 6.07) is 10.4. The topological polar surface area (TPSA) is 93.4 Å². The minimum atomic E-state index is -2.95. The number of alkyl halides is 2. The number of aromatic nitrogens is 4. The third-order valence-electron chi connectivity index (χ3n) is 7.14. The Hall–Kier alpha value is -3.79. The highest BCUT2D eigenvalue weighted by molar-refractivity contribution is 6.30. The Bertz CT molecular complexity index is 1480. The molecule has 198 valence electrons. The van der Waals surface area contributed by atoms with Gasteiger partial charge in [-0.25, -0.2) is 15.0 Å². The molecule has 0 amide bonds. The Morgan fingerprint density at radius 2 is 1.84 bits per heavy atom. The van der Waals surface area contributed by atoms with Crippen molar-refractivity contribution in [2.45, 2.75) is 39.8 Å². The van der Waals surface area contributed by atoms with Crippen LogP contribution in [0.4, 0.5) is 14.7 Å². The second kappa shape index (κ2) is 10.2. The number of nitrogens with zero attached hydrogens (tertiary/aromatic N) is 5. The van der Waals surface area contributed by atoms with Crippen LogP contribution < -0.4 is 9.64 Å². The van der Waals surface area contributed by atoms with Gasteiger partial charge in [0.15, 0.2) is 0 Å². The maximum atomic E-state index is 13.0. The summed E-state index contributed by atoms with van der Waals surface area (Å²) in [7, 11) is 0. The molecule has 38 heavy (non-hydrogen) atoms. The summed E-state index contributed by atoms with van der Waals surface area (Å²) in [5.41, 5.74) is 3.05. The van der Waals surface area contributed by atoms with Gasteiger partial charge in [0, 0.05) is 41.6 Å². The van der Waals surface area contributed by atoms with E-state index in [-0.39, 0.29) is 12.3 Å². The molecule has 11 heteroatoms. The number of anilines is 1. The van der Waals surface area contributed by atoms with Gasteiger partial charge in [0.1, 0.15) is 11.6 Å². The fourth-order valence-corrected chi connectivity index (χ4v) is 4.92. The normalized spacial score (nSPS) is 15.3. The third-order valence-corrected chi connectivity index (χ3v) is 7.38. The smallest absolute Gasteiger partial charge is 0.387 e. The Kier molecular flexibility index (Phi) is 6.92. The van der Waals surface area contributed by atoms with E-state index < -0.39 is 18.0 Å². The Morgan fingerprint density at radius 3 is 2.50 bits per heavy atom. The minimum Gasteiger partial charge on any atom is -0.481 e. The fraction of sp³-hybridized carbons (Fsp3) is 0.333. The molecule has 8 nitrogen and oxygen atoms in total. The van der Waals surface area contributed by atoms with E-state index in [4.69, 9.17) is 16.3 Å². The number of carboxylic acid groups (broad SMARTS) is 1. The van der Waals surface area contributed by atoms with Crippen molar-refractivity contribution in [3.05, 3.63) is 65.2 Å². The zero-order chi connectivity index (χ0) is 27.0. The number of carbonyl (C=O) groups is 1. The molecule has 2 aromatic carbocycles. The van der Waals surface area contributed by atoms with E-state index in [1.54, 1.807) is 25.4 Å². The average molecular weight is 542 g/mol. The Balaban J connectivity index is 1.41. The van der Waals surface area contributed by atoms with E-state index >= 15 is 0 Å². The number of benzene rings is 2. The molecule has 0 aliphatic carbocycles. The van der Waals surface area contributed by atoms with Crippen molar-refractivity contribution < 1.29 is 23.4 Å². The molecule has 3 heterocycles. The van der Waals surface area contributed by atoms with Gasteiger partial charge in [-0.1, -0.05) is 17.7 Å². The molecule has 0 atom stereocenters. The van der Waals surface area contributed by atoms with Gasteiger partial charge >= 0.3 is 12.6 Å². The standard InChI is InChI=1S/C27H26ClF2N5O3/c1-16-33-21-5-3-17(12-22(21)35(16)15-18-11-20(28)4-6-23(18)38-25(29)30)19-13-31-26(32-14-19)34-9-7-27(2,8-10-34)24(36)37/h3-6,11-14,25H,7-10,15H2,1-2H3,(H,36,37). The number of imidazole rings is 1. The summed E-state index contributed by atoms with van der Waals surface area (Å²) in [5.74, 6) is 0.569. The molecule has 0 bridgehead atoms. The van der Waals surface area contributed by atoms with Crippen molar-refractivity contribution in [2.75, 3.05) is 18.0 Å². The maximum Gasteiger partial charge on any atom is 0.387 e. The summed E-state index contributed by atoms with van der Waals surface area (Å²) < 4.78 is 32.5. The average Bonchev–Trinajstić information content (AvgIpc) is 3.20. The molecule has 1 fully saturated rings. The largest absolute Gasteiger partial charge is 0.481 e. The van der Waals surface area contributed by atoms with Crippen LogP contribution in [0.3, 0.4) is 0 Å². The lowest BCUT2D eigenvalue weighted by Gasteiger charge is -2.36. The summed E-state index contributed by atoms with van der Waals surface area (Å²) >= 11 is 6.14. The summed E-state index contributed by atoms with van der Waals surface area (Å²) in [4.78, 5) is 27.2. The van der Waals surface area contributed by atoms with Crippen LogP contribution in [0, 0.1) is 12.3 Å². The Morgan fingerprint density at radius 1 is 1.13 bits per heavy atom. The first kappa shape index (κ1) is 25.8. The molecule has 2 aromatic heterocycles. The molecule has 0 spiro atoms. The SMILES string of the molecule is Cc1nc2ccc(-c3cnc(N4CCC(C)(C(=O)O)CC4)nc3)cc2n1Cc1cc(Cl)ccc1OC(F)F. The van der Waals surface area contributed by atoms with Gasteiger partial charge in [0.05, 0.1) is 23.0 Å². The summed E-state index contributed by atoms with van der Waals surface area (Å²) in [6.45, 7) is 2.08. The number of rotatable bonds is 7. The molecule has 1 N–H and O–H groups in total. The van der Waals surface area contributed by atoms with Gasteiger partial charge in [-0.05, 0) is 62.6 Å². The van der Waals surface area contributed by atoms with E-state index in [2.05, 4.69) is 15.0 Å². The van der Waals surface area contributed by atoms with E-state index in [0.717, 1.165) is 22.2 Å². The number of hydrogen-bond acceptors (Lipinski definition) is 6. The number of fused-ring (bicyclic) bond motifs is 1. The maximum absolute atomic E-state index is 13.0. The van der Waals surface area contributed by atoms with Crippen LogP contribution in [0.1, 0.15) is 31.2 Å². The van der Waals surface area contributed by atoms with Crippen molar-refractivity contribution in [1.29, 1.82) is 0 Å². The number of aryl methyl sites for hydroxylation is 1. The second-order valence-corrected chi connectivity index (χ2v) is 10.1. The van der Waals surface area contributed by atoms with Crippen LogP contribution >= 0.6 is 11.6 Å². The van der Waals surface area contributed by atoms with E-state index in [9.17, 15) is 18.7 Å². The van der Waals surface area contributed by atoms with E-state index in [0.29, 0.717) is 48.3 Å². The van der Waals surface area contributed by atoms with Gasteiger partial charge in [-0.15, -0.1) is 0 Å². The lowest BCUT2D eigenvalue weighted by molar-refractivity contribution is -0.149. The highest BCUT2D eigenvalue weighted by Crippen LogP contribution is 2.33. The number of aliphatic carboxylic acids is 1. The van der Waals surface area contributed by atoms with E-state index in [1.165, 1.54) is 12.1 Å². The van der Waals surface area contributed by atoms with Gasteiger partial charge in [0.2, 0.25) is 5.95 Å². The fourth-order valence-electron chi connectivity index (χ4n) is 4.72. The quantitative estimate of drug-likeness (QED) is 0.316. The van der Waals surface area contributed by atoms with Gasteiger partial charge in [-0.2, -0.15) is 8.78 Å². The van der Waals surface area contributed by atoms with Crippen molar-refractivity contribution in [1.82, 2.24) is 19.5 Å². The van der Waals surface area contributed by atoms with Crippen molar-refractivity contribution in [3.8, 4) is 16.9 Å². The highest BCUT2D eigenvalue weighted by atomic mass is 35.5. The first-order valence-corrected chi connectivity index (χ1v) is 12.5. The van der Waals surface area contributed by atoms with Gasteiger partial charge in [0.25, 0.3) is 0 Å². The molecule has 1 saturated heterocycles. The first-order valence-electron chi connectivity index (χ1n) is 12.1. The van der Waals surface area contributed by atoms with Crippen LogP contribution in [0.2, 0.25) is 5.02 Å². The Labute approximate surface area is 222 Å². The number of halogens is 3. The molecule has 1 aliphatic rings. The minimum absolute atomic E-state index is 0.0622. The number of hydrogen-bond donors (Lipinski definition) is 1.